The Kier molecular flexibility index (Phi) is 4.10. The second kappa shape index (κ2) is 6.35. The molecule has 0 saturated heterocycles. The fraction of sp³-hybridized carbons (Fsp3) is 0.100. The van der Waals surface area contributed by atoms with Crippen LogP contribution in [0, 0.1) is 0 Å². The summed E-state index contributed by atoms with van der Waals surface area (Å²) < 4.78 is 10.9. The van der Waals surface area contributed by atoms with Crippen LogP contribution in [0.1, 0.15) is 0 Å². The van der Waals surface area contributed by atoms with E-state index in [1.54, 1.807) is 14.2 Å². The first-order valence-electron chi connectivity index (χ1n) is 7.20. The molecule has 0 saturated carbocycles. The molecule has 2 nitrogen and oxygen atoms in total. The van der Waals surface area contributed by atoms with E-state index in [1.165, 1.54) is 0 Å². The summed E-state index contributed by atoms with van der Waals surface area (Å²) >= 11 is 0. The molecule has 3 rings (SSSR count). The molecule has 0 aliphatic carbocycles. The second-order valence-electron chi connectivity index (χ2n) is 4.98. The summed E-state index contributed by atoms with van der Waals surface area (Å²) in [5.41, 5.74) is 4.47. The van der Waals surface area contributed by atoms with E-state index in [1.807, 2.05) is 48.5 Å². The summed E-state index contributed by atoms with van der Waals surface area (Å²) in [7, 11) is 3.39. The lowest BCUT2D eigenvalue weighted by molar-refractivity contribution is 0.414. The lowest BCUT2D eigenvalue weighted by atomic mass is 9.93. The number of hydrogen-bond acceptors (Lipinski definition) is 2. The van der Waals surface area contributed by atoms with Crippen LogP contribution >= 0.6 is 0 Å². The van der Waals surface area contributed by atoms with E-state index < -0.39 is 0 Å². The van der Waals surface area contributed by atoms with Crippen molar-refractivity contribution in [2.45, 2.75) is 0 Å². The van der Waals surface area contributed by atoms with E-state index in [-0.39, 0.29) is 0 Å². The van der Waals surface area contributed by atoms with Crippen LogP contribution in [0.4, 0.5) is 0 Å². The van der Waals surface area contributed by atoms with E-state index in [2.05, 4.69) is 24.3 Å². The molecule has 0 radical (unpaired) electrons. The van der Waals surface area contributed by atoms with Gasteiger partial charge in [0.05, 0.1) is 14.2 Å². The summed E-state index contributed by atoms with van der Waals surface area (Å²) in [5.74, 6) is 1.71. The van der Waals surface area contributed by atoms with Crippen molar-refractivity contribution in [3.8, 4) is 33.8 Å². The van der Waals surface area contributed by atoms with Crippen LogP contribution in [0.25, 0.3) is 22.3 Å². The van der Waals surface area contributed by atoms with Gasteiger partial charge >= 0.3 is 0 Å². The van der Waals surface area contributed by atoms with Crippen molar-refractivity contribution >= 4 is 0 Å². The maximum atomic E-state index is 5.59. The maximum absolute atomic E-state index is 5.59. The van der Waals surface area contributed by atoms with Gasteiger partial charge in [-0.2, -0.15) is 0 Å². The molecule has 0 bridgehead atoms. The number of rotatable bonds is 4. The summed E-state index contributed by atoms with van der Waals surface area (Å²) in [4.78, 5) is 0. The predicted molar refractivity (Wildman–Crippen MR) is 90.4 cm³/mol. The van der Waals surface area contributed by atoms with E-state index in [9.17, 15) is 0 Å². The molecule has 0 fully saturated rings. The topological polar surface area (TPSA) is 18.5 Å². The van der Waals surface area contributed by atoms with Crippen molar-refractivity contribution in [1.82, 2.24) is 0 Å². The molecule has 3 aromatic carbocycles. The standard InChI is InChI=1S/C20H18O2/c1-21-17-11-6-10-16(14-17)18-12-7-13-19(22-2)20(18)15-8-4-3-5-9-15/h3-14H,1-2H3. The van der Waals surface area contributed by atoms with Gasteiger partial charge in [-0.15, -0.1) is 0 Å². The monoisotopic (exact) mass is 290 g/mol. The third-order valence-electron chi connectivity index (χ3n) is 3.69. The first-order valence-corrected chi connectivity index (χ1v) is 7.20. The molecule has 0 spiro atoms. The Morgan fingerprint density at radius 3 is 2.09 bits per heavy atom. The van der Waals surface area contributed by atoms with Crippen molar-refractivity contribution in [3.63, 3.8) is 0 Å². The van der Waals surface area contributed by atoms with Crippen LogP contribution in [0.3, 0.4) is 0 Å². The van der Waals surface area contributed by atoms with Gasteiger partial charge in [-0.25, -0.2) is 0 Å². The Hall–Kier alpha value is -2.74. The molecule has 0 aromatic heterocycles. The van der Waals surface area contributed by atoms with E-state index >= 15 is 0 Å². The Balaban J connectivity index is 2.23. The van der Waals surface area contributed by atoms with Crippen molar-refractivity contribution in [2.75, 3.05) is 14.2 Å². The first kappa shape index (κ1) is 14.2. The van der Waals surface area contributed by atoms with Crippen molar-refractivity contribution in [1.29, 1.82) is 0 Å². The number of benzene rings is 3. The summed E-state index contributed by atoms with van der Waals surface area (Å²) in [5, 5.41) is 0. The summed E-state index contributed by atoms with van der Waals surface area (Å²) in [6.45, 7) is 0. The van der Waals surface area contributed by atoms with Crippen molar-refractivity contribution < 1.29 is 9.47 Å². The molecule has 0 unspecified atom stereocenters. The average Bonchev–Trinajstić information content (AvgIpc) is 2.61. The molecule has 0 atom stereocenters. The summed E-state index contributed by atoms with van der Waals surface area (Å²) in [6.07, 6.45) is 0. The highest BCUT2D eigenvalue weighted by Crippen LogP contribution is 2.39. The van der Waals surface area contributed by atoms with Crippen LogP contribution in [-0.2, 0) is 0 Å². The van der Waals surface area contributed by atoms with E-state index in [0.717, 1.165) is 33.8 Å². The van der Waals surface area contributed by atoms with E-state index in [4.69, 9.17) is 9.47 Å². The highest BCUT2D eigenvalue weighted by molar-refractivity contribution is 5.87. The van der Waals surface area contributed by atoms with Crippen LogP contribution in [0.5, 0.6) is 11.5 Å². The molecular formula is C20H18O2. The van der Waals surface area contributed by atoms with Crippen LogP contribution < -0.4 is 9.47 Å². The third-order valence-corrected chi connectivity index (χ3v) is 3.69. The van der Waals surface area contributed by atoms with Gasteiger partial charge < -0.3 is 9.47 Å². The van der Waals surface area contributed by atoms with Gasteiger partial charge in [0.2, 0.25) is 0 Å². The molecule has 0 heterocycles. The fourth-order valence-corrected chi connectivity index (χ4v) is 2.63. The zero-order valence-corrected chi connectivity index (χ0v) is 12.7. The molecule has 0 N–H and O–H groups in total. The summed E-state index contributed by atoms with van der Waals surface area (Å²) in [6, 6.07) is 24.5. The zero-order valence-electron chi connectivity index (χ0n) is 12.7. The Morgan fingerprint density at radius 2 is 1.36 bits per heavy atom. The molecular weight excluding hydrogens is 272 g/mol. The number of ether oxygens (including phenoxy) is 2. The lowest BCUT2D eigenvalue weighted by Crippen LogP contribution is -1.92. The van der Waals surface area contributed by atoms with Gasteiger partial charge in [0.25, 0.3) is 0 Å². The third kappa shape index (κ3) is 2.68. The minimum absolute atomic E-state index is 0.847. The molecule has 0 aliphatic rings. The molecule has 22 heavy (non-hydrogen) atoms. The fourth-order valence-electron chi connectivity index (χ4n) is 2.63. The SMILES string of the molecule is COc1cccc(-c2cccc(OC)c2-c2ccccc2)c1. The van der Waals surface area contributed by atoms with Gasteiger partial charge in [0.15, 0.2) is 0 Å². The number of hydrogen-bond donors (Lipinski definition) is 0. The normalized spacial score (nSPS) is 10.3. The van der Waals surface area contributed by atoms with Crippen LogP contribution in [0.15, 0.2) is 72.8 Å². The van der Waals surface area contributed by atoms with Gasteiger partial charge in [-0.05, 0) is 34.9 Å². The van der Waals surface area contributed by atoms with Crippen LogP contribution in [0.2, 0.25) is 0 Å². The molecule has 0 amide bonds. The Morgan fingerprint density at radius 1 is 0.636 bits per heavy atom. The maximum Gasteiger partial charge on any atom is 0.127 e. The van der Waals surface area contributed by atoms with E-state index in [0.29, 0.717) is 0 Å². The molecule has 110 valence electrons. The Bertz CT molecular complexity index is 764. The average molecular weight is 290 g/mol. The molecule has 0 aliphatic heterocycles. The Labute approximate surface area is 131 Å². The molecule has 2 heteroatoms. The first-order chi connectivity index (χ1) is 10.8. The minimum atomic E-state index is 0.847. The number of methoxy groups -OCH3 is 2. The lowest BCUT2D eigenvalue weighted by Gasteiger charge is -2.15. The minimum Gasteiger partial charge on any atom is -0.497 e. The van der Waals surface area contributed by atoms with Gasteiger partial charge in [0, 0.05) is 5.56 Å². The predicted octanol–water partition coefficient (Wildman–Crippen LogP) is 5.04. The largest absolute Gasteiger partial charge is 0.497 e. The highest BCUT2D eigenvalue weighted by atomic mass is 16.5. The molecule has 3 aromatic rings. The zero-order chi connectivity index (χ0) is 15.4. The van der Waals surface area contributed by atoms with Crippen molar-refractivity contribution in [3.05, 3.63) is 72.8 Å². The van der Waals surface area contributed by atoms with Gasteiger partial charge in [-0.3, -0.25) is 0 Å². The quantitative estimate of drug-likeness (QED) is 0.670. The van der Waals surface area contributed by atoms with Crippen LogP contribution in [-0.4, -0.2) is 14.2 Å². The second-order valence-corrected chi connectivity index (χ2v) is 4.98. The van der Waals surface area contributed by atoms with Gasteiger partial charge in [0.1, 0.15) is 11.5 Å². The highest BCUT2D eigenvalue weighted by Gasteiger charge is 2.13. The van der Waals surface area contributed by atoms with Crippen molar-refractivity contribution in [2.24, 2.45) is 0 Å². The smallest absolute Gasteiger partial charge is 0.127 e. The van der Waals surface area contributed by atoms with Gasteiger partial charge in [-0.1, -0.05) is 54.6 Å².